The minimum atomic E-state index is 0.0617. The molecule has 2 aromatic carbocycles. The van der Waals surface area contributed by atoms with Gasteiger partial charge in [0.15, 0.2) is 0 Å². The van der Waals surface area contributed by atoms with Gasteiger partial charge in [-0.05, 0) is 46.9 Å². The highest BCUT2D eigenvalue weighted by atomic mass is 16.2. The quantitative estimate of drug-likeness (QED) is 0.756. The van der Waals surface area contributed by atoms with E-state index in [1.165, 1.54) is 22.3 Å². The molecule has 0 saturated carbocycles. The molecule has 2 N–H and O–H groups in total. The van der Waals surface area contributed by atoms with Crippen molar-refractivity contribution in [2.75, 3.05) is 13.1 Å². The number of benzene rings is 2. The molecule has 2 aliphatic carbocycles. The van der Waals surface area contributed by atoms with Crippen LogP contribution in [0.4, 0.5) is 0 Å². The molecule has 0 fully saturated rings. The molecule has 134 valence electrons. The second kappa shape index (κ2) is 7.32. The predicted octanol–water partition coefficient (Wildman–Crippen LogP) is 2.68. The standard InChI is InChI=1S/C22H24N2O2/c25-21(13-17-11-15-5-1-3-7-19(15)17)23-9-10-24-22(26)14-18-12-16-6-2-4-8-20(16)18/h1-8,17-18H,9-14H2,(H,23,25)(H,24,26). The van der Waals surface area contributed by atoms with E-state index in [1.807, 2.05) is 24.3 Å². The van der Waals surface area contributed by atoms with E-state index in [1.54, 1.807) is 0 Å². The summed E-state index contributed by atoms with van der Waals surface area (Å²) in [5.74, 6) is 0.817. The predicted molar refractivity (Wildman–Crippen MR) is 101 cm³/mol. The summed E-state index contributed by atoms with van der Waals surface area (Å²) in [6.07, 6.45) is 3.04. The highest BCUT2D eigenvalue weighted by Crippen LogP contribution is 2.37. The number of nitrogens with one attached hydrogen (secondary N) is 2. The van der Waals surface area contributed by atoms with Gasteiger partial charge in [-0.25, -0.2) is 0 Å². The van der Waals surface area contributed by atoms with Gasteiger partial charge in [-0.3, -0.25) is 9.59 Å². The second-order valence-corrected chi connectivity index (χ2v) is 7.31. The number of fused-ring (bicyclic) bond motifs is 2. The summed E-state index contributed by atoms with van der Waals surface area (Å²) in [4.78, 5) is 24.1. The van der Waals surface area contributed by atoms with Crippen LogP contribution in [-0.2, 0) is 22.4 Å². The Morgan fingerprint density at radius 3 is 1.58 bits per heavy atom. The van der Waals surface area contributed by atoms with Crippen molar-refractivity contribution in [1.82, 2.24) is 10.6 Å². The second-order valence-electron chi connectivity index (χ2n) is 7.31. The van der Waals surface area contributed by atoms with E-state index in [9.17, 15) is 9.59 Å². The van der Waals surface area contributed by atoms with Crippen LogP contribution < -0.4 is 10.6 Å². The highest BCUT2D eigenvalue weighted by Gasteiger charge is 2.28. The van der Waals surface area contributed by atoms with Gasteiger partial charge in [0.2, 0.25) is 11.8 Å². The minimum Gasteiger partial charge on any atom is -0.354 e. The normalized spacial score (nSPS) is 19.4. The Hall–Kier alpha value is -2.62. The molecule has 0 heterocycles. The third-order valence-electron chi connectivity index (χ3n) is 5.56. The first-order valence-electron chi connectivity index (χ1n) is 9.39. The van der Waals surface area contributed by atoms with Crippen molar-refractivity contribution in [3.8, 4) is 0 Å². The fourth-order valence-corrected chi connectivity index (χ4v) is 4.09. The van der Waals surface area contributed by atoms with Gasteiger partial charge < -0.3 is 10.6 Å². The smallest absolute Gasteiger partial charge is 0.220 e. The highest BCUT2D eigenvalue weighted by molar-refractivity contribution is 5.78. The number of carbonyl (C=O) groups excluding carboxylic acids is 2. The Balaban J connectivity index is 1.12. The molecule has 0 aromatic heterocycles. The molecule has 2 amide bonds. The molecule has 0 aliphatic heterocycles. The molecule has 0 saturated heterocycles. The summed E-state index contributed by atoms with van der Waals surface area (Å²) < 4.78 is 0. The van der Waals surface area contributed by atoms with E-state index in [4.69, 9.17) is 0 Å². The zero-order chi connectivity index (χ0) is 17.9. The lowest BCUT2D eigenvalue weighted by atomic mass is 9.76. The summed E-state index contributed by atoms with van der Waals surface area (Å²) in [7, 11) is 0. The van der Waals surface area contributed by atoms with Crippen molar-refractivity contribution in [3.63, 3.8) is 0 Å². The third-order valence-corrected chi connectivity index (χ3v) is 5.56. The Morgan fingerprint density at radius 2 is 1.15 bits per heavy atom. The minimum absolute atomic E-state index is 0.0617. The lowest BCUT2D eigenvalue weighted by Gasteiger charge is -2.29. The van der Waals surface area contributed by atoms with Gasteiger partial charge in [0.05, 0.1) is 0 Å². The molecule has 0 radical (unpaired) electrons. The molecule has 0 spiro atoms. The van der Waals surface area contributed by atoms with Crippen molar-refractivity contribution >= 4 is 11.8 Å². The van der Waals surface area contributed by atoms with E-state index in [0.717, 1.165) is 12.8 Å². The summed E-state index contributed by atoms with van der Waals surface area (Å²) >= 11 is 0. The lowest BCUT2D eigenvalue weighted by molar-refractivity contribution is -0.123. The molecule has 4 rings (SSSR count). The maximum Gasteiger partial charge on any atom is 0.220 e. The van der Waals surface area contributed by atoms with Crippen LogP contribution in [0.1, 0.15) is 46.9 Å². The number of hydrogen-bond donors (Lipinski definition) is 2. The van der Waals surface area contributed by atoms with E-state index in [-0.39, 0.29) is 11.8 Å². The molecular weight excluding hydrogens is 324 g/mol. The first-order chi connectivity index (χ1) is 12.7. The van der Waals surface area contributed by atoms with Crippen LogP contribution in [0, 0.1) is 0 Å². The zero-order valence-corrected chi connectivity index (χ0v) is 14.8. The Kier molecular flexibility index (Phi) is 4.74. The average Bonchev–Trinajstić information content (AvgIpc) is 2.61. The van der Waals surface area contributed by atoms with Crippen LogP contribution in [0.25, 0.3) is 0 Å². The fraction of sp³-hybridized carbons (Fsp3) is 0.364. The third kappa shape index (κ3) is 3.50. The molecular formula is C22H24N2O2. The number of amides is 2. The molecule has 26 heavy (non-hydrogen) atoms. The summed E-state index contributed by atoms with van der Waals surface area (Å²) in [5.41, 5.74) is 5.32. The molecule has 2 atom stereocenters. The van der Waals surface area contributed by atoms with Crippen LogP contribution in [-0.4, -0.2) is 24.9 Å². The van der Waals surface area contributed by atoms with Crippen molar-refractivity contribution in [1.29, 1.82) is 0 Å². The van der Waals surface area contributed by atoms with Crippen molar-refractivity contribution < 1.29 is 9.59 Å². The maximum absolute atomic E-state index is 12.0. The Bertz CT molecular complexity index is 761. The Labute approximate surface area is 154 Å². The molecule has 4 heteroatoms. The van der Waals surface area contributed by atoms with E-state index < -0.39 is 0 Å². The van der Waals surface area contributed by atoms with Crippen molar-refractivity contribution in [2.24, 2.45) is 0 Å². The summed E-state index contributed by atoms with van der Waals surface area (Å²) in [5, 5.41) is 5.82. The molecule has 2 aliphatic rings. The molecule has 2 unspecified atom stereocenters. The first-order valence-corrected chi connectivity index (χ1v) is 9.39. The van der Waals surface area contributed by atoms with Gasteiger partial charge in [0.1, 0.15) is 0 Å². The molecule has 2 aromatic rings. The van der Waals surface area contributed by atoms with Crippen LogP contribution in [0.5, 0.6) is 0 Å². The van der Waals surface area contributed by atoms with Gasteiger partial charge >= 0.3 is 0 Å². The lowest BCUT2D eigenvalue weighted by Crippen LogP contribution is -2.37. The summed E-state index contributed by atoms with van der Waals surface area (Å²) in [6.45, 7) is 0.973. The van der Waals surface area contributed by atoms with E-state index in [2.05, 4.69) is 34.9 Å². The maximum atomic E-state index is 12.0. The number of hydrogen-bond acceptors (Lipinski definition) is 2. The van der Waals surface area contributed by atoms with E-state index >= 15 is 0 Å². The summed E-state index contributed by atoms with van der Waals surface area (Å²) in [6, 6.07) is 16.6. The average molecular weight is 348 g/mol. The number of carbonyl (C=O) groups is 2. The first kappa shape index (κ1) is 16.8. The largest absolute Gasteiger partial charge is 0.354 e. The molecule has 0 bridgehead atoms. The van der Waals surface area contributed by atoms with Crippen molar-refractivity contribution in [3.05, 3.63) is 70.8 Å². The molecule has 4 nitrogen and oxygen atoms in total. The van der Waals surface area contributed by atoms with Crippen LogP contribution in [0.15, 0.2) is 48.5 Å². The fourth-order valence-electron chi connectivity index (χ4n) is 4.09. The SMILES string of the molecule is O=C(CC1Cc2ccccc21)NCCNC(=O)CC1Cc2ccccc21. The monoisotopic (exact) mass is 348 g/mol. The van der Waals surface area contributed by atoms with Gasteiger partial charge in [0, 0.05) is 25.9 Å². The van der Waals surface area contributed by atoms with Crippen LogP contribution >= 0.6 is 0 Å². The van der Waals surface area contributed by atoms with Crippen molar-refractivity contribution in [2.45, 2.75) is 37.5 Å². The van der Waals surface area contributed by atoms with Gasteiger partial charge in [-0.2, -0.15) is 0 Å². The van der Waals surface area contributed by atoms with Crippen LogP contribution in [0.3, 0.4) is 0 Å². The van der Waals surface area contributed by atoms with Crippen LogP contribution in [0.2, 0.25) is 0 Å². The Morgan fingerprint density at radius 1 is 0.731 bits per heavy atom. The van der Waals surface area contributed by atoms with Gasteiger partial charge in [-0.1, -0.05) is 48.5 Å². The number of rotatable bonds is 7. The van der Waals surface area contributed by atoms with Gasteiger partial charge in [-0.15, -0.1) is 0 Å². The topological polar surface area (TPSA) is 58.2 Å². The zero-order valence-electron chi connectivity index (χ0n) is 14.8. The van der Waals surface area contributed by atoms with E-state index in [0.29, 0.717) is 37.8 Å². The van der Waals surface area contributed by atoms with Gasteiger partial charge in [0.25, 0.3) is 0 Å².